The summed E-state index contributed by atoms with van der Waals surface area (Å²) in [6.45, 7) is 5.41. The van der Waals surface area contributed by atoms with Crippen LogP contribution in [0.1, 0.15) is 56.8 Å². The molecule has 1 aliphatic carbocycles. The molecule has 0 saturated heterocycles. The summed E-state index contributed by atoms with van der Waals surface area (Å²) in [5, 5.41) is 2.82. The first-order chi connectivity index (χ1) is 12.2. The highest BCUT2D eigenvalue weighted by molar-refractivity contribution is 5.95. The summed E-state index contributed by atoms with van der Waals surface area (Å²) in [6, 6.07) is 8.55. The molecule has 0 aromatic heterocycles. The largest absolute Gasteiger partial charge is 0.444 e. The van der Waals surface area contributed by atoms with E-state index in [1.165, 1.54) is 0 Å². The molecular formula is C19H27N3O4. The molecule has 7 nitrogen and oxygen atoms in total. The number of alkyl carbamates (subject to hydrolysis) is 1. The fraction of sp³-hybridized carbons (Fsp3) is 0.526. The number of rotatable bonds is 3. The van der Waals surface area contributed by atoms with E-state index in [9.17, 15) is 14.4 Å². The number of carbonyl (C=O) groups excluding carboxylic acids is 3. The van der Waals surface area contributed by atoms with Crippen molar-refractivity contribution in [2.45, 2.75) is 58.1 Å². The maximum absolute atomic E-state index is 12.3. The predicted molar refractivity (Wildman–Crippen MR) is 97.2 cm³/mol. The summed E-state index contributed by atoms with van der Waals surface area (Å²) in [5.74, 6) is -0.872. The summed E-state index contributed by atoms with van der Waals surface area (Å²) in [4.78, 5) is 36.2. The van der Waals surface area contributed by atoms with Gasteiger partial charge in [-0.25, -0.2) is 4.79 Å². The zero-order chi connectivity index (χ0) is 19.2. The van der Waals surface area contributed by atoms with Crippen LogP contribution in [0.3, 0.4) is 0 Å². The molecule has 0 unspecified atom stereocenters. The topological polar surface area (TPSA) is 96.5 Å². The van der Waals surface area contributed by atoms with Crippen molar-refractivity contribution < 1.29 is 19.1 Å². The fourth-order valence-electron chi connectivity index (χ4n) is 2.92. The predicted octanol–water partition coefficient (Wildman–Crippen LogP) is 2.53. The molecule has 0 spiro atoms. The van der Waals surface area contributed by atoms with Gasteiger partial charge in [0.15, 0.2) is 0 Å². The number of benzene rings is 1. The number of nitrogens with one attached hydrogen (secondary N) is 3. The van der Waals surface area contributed by atoms with Crippen molar-refractivity contribution in [3.63, 3.8) is 0 Å². The first-order valence-electron chi connectivity index (χ1n) is 8.89. The Labute approximate surface area is 153 Å². The molecule has 2 atom stereocenters. The van der Waals surface area contributed by atoms with Crippen molar-refractivity contribution >= 4 is 17.9 Å². The van der Waals surface area contributed by atoms with Gasteiger partial charge in [0.05, 0.1) is 0 Å². The van der Waals surface area contributed by atoms with E-state index in [0.717, 1.165) is 19.3 Å². The van der Waals surface area contributed by atoms with Gasteiger partial charge in [-0.2, -0.15) is 0 Å². The maximum atomic E-state index is 12.3. The summed E-state index contributed by atoms with van der Waals surface area (Å²) in [6.07, 6.45) is 2.40. The Hall–Kier alpha value is -2.57. The van der Waals surface area contributed by atoms with Crippen molar-refractivity contribution in [3.05, 3.63) is 35.9 Å². The number of amides is 3. The van der Waals surface area contributed by atoms with Gasteiger partial charge in [0, 0.05) is 17.5 Å². The van der Waals surface area contributed by atoms with E-state index in [0.29, 0.717) is 12.0 Å². The number of ether oxygens (including phenoxy) is 1. The van der Waals surface area contributed by atoms with Crippen molar-refractivity contribution in [2.75, 3.05) is 0 Å². The molecule has 1 saturated carbocycles. The summed E-state index contributed by atoms with van der Waals surface area (Å²) in [5.41, 5.74) is 4.83. The first kappa shape index (κ1) is 19.8. The van der Waals surface area contributed by atoms with Gasteiger partial charge in [-0.1, -0.05) is 24.6 Å². The third-order valence-corrected chi connectivity index (χ3v) is 4.10. The molecule has 3 amide bonds. The summed E-state index contributed by atoms with van der Waals surface area (Å²) < 4.78 is 5.26. The molecule has 3 N–H and O–H groups in total. The Morgan fingerprint density at radius 2 is 1.73 bits per heavy atom. The first-order valence-corrected chi connectivity index (χ1v) is 8.89. The fourth-order valence-corrected chi connectivity index (χ4v) is 2.92. The zero-order valence-electron chi connectivity index (χ0n) is 15.5. The average Bonchev–Trinajstić information content (AvgIpc) is 2.58. The highest BCUT2D eigenvalue weighted by atomic mass is 16.6. The third kappa shape index (κ3) is 6.38. The minimum Gasteiger partial charge on any atom is -0.444 e. The van der Waals surface area contributed by atoms with Gasteiger partial charge in [-0.3, -0.25) is 20.4 Å². The Morgan fingerprint density at radius 3 is 2.38 bits per heavy atom. The summed E-state index contributed by atoms with van der Waals surface area (Å²) in [7, 11) is 0. The molecule has 7 heteroatoms. The van der Waals surface area contributed by atoms with E-state index in [-0.39, 0.29) is 23.8 Å². The molecule has 0 aliphatic heterocycles. The molecule has 0 bridgehead atoms. The van der Waals surface area contributed by atoms with E-state index in [2.05, 4.69) is 16.2 Å². The van der Waals surface area contributed by atoms with Crippen LogP contribution in [0.25, 0.3) is 0 Å². The van der Waals surface area contributed by atoms with Crippen LogP contribution >= 0.6 is 0 Å². The molecule has 0 heterocycles. The van der Waals surface area contributed by atoms with Crippen LogP contribution in [0.5, 0.6) is 0 Å². The van der Waals surface area contributed by atoms with Crippen LogP contribution in [-0.2, 0) is 9.53 Å². The lowest BCUT2D eigenvalue weighted by Gasteiger charge is -2.30. The van der Waals surface area contributed by atoms with Crippen LogP contribution in [0, 0.1) is 5.92 Å². The van der Waals surface area contributed by atoms with Gasteiger partial charge in [0.2, 0.25) is 5.91 Å². The van der Waals surface area contributed by atoms with Crippen LogP contribution < -0.4 is 16.2 Å². The van der Waals surface area contributed by atoms with Crippen LogP contribution in [0.2, 0.25) is 0 Å². The van der Waals surface area contributed by atoms with Crippen molar-refractivity contribution in [2.24, 2.45) is 5.92 Å². The van der Waals surface area contributed by atoms with Crippen molar-refractivity contribution in [1.82, 2.24) is 16.2 Å². The number of hydrazine groups is 1. The minimum atomic E-state index is -0.558. The van der Waals surface area contributed by atoms with Gasteiger partial charge >= 0.3 is 6.09 Å². The lowest BCUT2D eigenvalue weighted by Crippen LogP contribution is -2.48. The highest BCUT2D eigenvalue weighted by Gasteiger charge is 2.29. The highest BCUT2D eigenvalue weighted by Crippen LogP contribution is 2.24. The summed E-state index contributed by atoms with van der Waals surface area (Å²) >= 11 is 0. The molecule has 1 aliphatic rings. The molecule has 1 fully saturated rings. The van der Waals surface area contributed by atoms with Crippen LogP contribution in [-0.4, -0.2) is 29.6 Å². The second-order valence-electron chi connectivity index (χ2n) is 7.52. The van der Waals surface area contributed by atoms with Gasteiger partial charge < -0.3 is 10.1 Å². The van der Waals surface area contributed by atoms with Gasteiger partial charge in [0.25, 0.3) is 5.91 Å². The monoisotopic (exact) mass is 361 g/mol. The van der Waals surface area contributed by atoms with E-state index in [1.54, 1.807) is 45.0 Å². The molecule has 1 aromatic carbocycles. The lowest BCUT2D eigenvalue weighted by molar-refractivity contribution is -0.127. The molecule has 26 heavy (non-hydrogen) atoms. The average molecular weight is 361 g/mol. The second-order valence-corrected chi connectivity index (χ2v) is 7.52. The molecule has 0 radical (unpaired) electrons. The van der Waals surface area contributed by atoms with Crippen molar-refractivity contribution in [3.8, 4) is 0 Å². The molecule has 2 rings (SSSR count). The normalized spacial score (nSPS) is 20.0. The smallest absolute Gasteiger partial charge is 0.407 e. The number of hydrogen-bond acceptors (Lipinski definition) is 4. The van der Waals surface area contributed by atoms with Gasteiger partial charge in [0.1, 0.15) is 5.60 Å². The SMILES string of the molecule is CC(C)(C)OC(=O)N[C@@H]1CCC[C@H](C(=O)NNC(=O)c2ccccc2)C1. The minimum absolute atomic E-state index is 0.112. The van der Waals surface area contributed by atoms with Crippen LogP contribution in [0.15, 0.2) is 30.3 Å². The maximum Gasteiger partial charge on any atom is 0.407 e. The van der Waals surface area contributed by atoms with Gasteiger partial charge in [-0.05, 0) is 52.2 Å². The van der Waals surface area contributed by atoms with Crippen molar-refractivity contribution in [1.29, 1.82) is 0 Å². The Morgan fingerprint density at radius 1 is 1.04 bits per heavy atom. The van der Waals surface area contributed by atoms with Crippen LogP contribution in [0.4, 0.5) is 4.79 Å². The molecule has 142 valence electrons. The van der Waals surface area contributed by atoms with E-state index in [1.807, 2.05) is 6.07 Å². The number of hydrogen-bond donors (Lipinski definition) is 3. The number of carbonyl (C=O) groups is 3. The van der Waals surface area contributed by atoms with E-state index in [4.69, 9.17) is 4.74 Å². The standard InChI is InChI=1S/C19H27N3O4/c1-19(2,3)26-18(25)20-15-11-7-10-14(12-15)17(24)22-21-16(23)13-8-5-4-6-9-13/h4-6,8-9,14-15H,7,10-12H2,1-3H3,(H,20,25)(H,21,23)(H,22,24)/t14-,15+/m0/s1. The molecule has 1 aromatic rings. The Bertz CT molecular complexity index is 640. The Balaban J connectivity index is 1.80. The quantitative estimate of drug-likeness (QED) is 0.721. The lowest BCUT2D eigenvalue weighted by atomic mass is 9.85. The van der Waals surface area contributed by atoms with E-state index < -0.39 is 11.7 Å². The second kappa shape index (κ2) is 8.69. The Kier molecular flexibility index (Phi) is 6.60. The zero-order valence-corrected chi connectivity index (χ0v) is 15.5. The third-order valence-electron chi connectivity index (χ3n) is 4.10. The van der Waals surface area contributed by atoms with Gasteiger partial charge in [-0.15, -0.1) is 0 Å². The molecular weight excluding hydrogens is 334 g/mol. The van der Waals surface area contributed by atoms with E-state index >= 15 is 0 Å².